The molecule has 0 aliphatic heterocycles. The van der Waals surface area contributed by atoms with Gasteiger partial charge in [0.1, 0.15) is 23.2 Å². The molecule has 6 heteroatoms. The van der Waals surface area contributed by atoms with Gasteiger partial charge in [-0.05, 0) is 54.1 Å². The van der Waals surface area contributed by atoms with Crippen LogP contribution in [-0.4, -0.2) is 15.6 Å². The summed E-state index contributed by atoms with van der Waals surface area (Å²) >= 11 is 0. The molecule has 0 saturated heterocycles. The van der Waals surface area contributed by atoms with Crippen LogP contribution in [0.15, 0.2) is 84.6 Å². The van der Waals surface area contributed by atoms with Gasteiger partial charge in [0.2, 0.25) is 0 Å². The van der Waals surface area contributed by atoms with Crippen molar-refractivity contribution >= 4 is 28.6 Å². The Labute approximate surface area is 178 Å². The predicted molar refractivity (Wildman–Crippen MR) is 118 cm³/mol. The number of hydrogen-bond donors (Lipinski definition) is 2. The molecule has 0 aliphatic carbocycles. The molecule has 152 valence electrons. The third kappa shape index (κ3) is 4.46. The normalized spacial score (nSPS) is 11.3. The van der Waals surface area contributed by atoms with Crippen molar-refractivity contribution in [3.8, 4) is 11.8 Å². The number of benzene rings is 3. The number of phenols is 1. The van der Waals surface area contributed by atoms with Crippen molar-refractivity contribution in [2.24, 2.45) is 0 Å². The Bertz CT molecular complexity index is 1330. The number of phenolic OH excluding ortho intramolecular Hbond substituents is 1. The molecule has 1 aromatic heterocycles. The summed E-state index contributed by atoms with van der Waals surface area (Å²) in [5.74, 6) is -0.762. The van der Waals surface area contributed by atoms with E-state index >= 15 is 0 Å². The molecule has 0 atom stereocenters. The van der Waals surface area contributed by atoms with Crippen LogP contribution in [-0.2, 0) is 11.3 Å². The van der Waals surface area contributed by atoms with Crippen molar-refractivity contribution in [1.82, 2.24) is 4.57 Å². The number of carbonyl (C=O) groups excluding carboxylic acids is 1. The minimum Gasteiger partial charge on any atom is -0.508 e. The molecule has 5 nitrogen and oxygen atoms in total. The van der Waals surface area contributed by atoms with E-state index in [-0.39, 0.29) is 17.1 Å². The number of aromatic nitrogens is 1. The second-order valence-electron chi connectivity index (χ2n) is 7.03. The number of nitrogens with zero attached hydrogens (tertiary/aromatic N) is 2. The van der Waals surface area contributed by atoms with Crippen molar-refractivity contribution in [3.63, 3.8) is 0 Å². The van der Waals surface area contributed by atoms with E-state index in [4.69, 9.17) is 0 Å². The van der Waals surface area contributed by atoms with E-state index < -0.39 is 5.91 Å². The molecule has 0 saturated carbocycles. The van der Waals surface area contributed by atoms with Gasteiger partial charge in [0.25, 0.3) is 5.91 Å². The Hall–Kier alpha value is -4.37. The van der Waals surface area contributed by atoms with E-state index in [1.165, 1.54) is 24.3 Å². The van der Waals surface area contributed by atoms with Crippen LogP contribution in [0.2, 0.25) is 0 Å². The molecule has 31 heavy (non-hydrogen) atoms. The van der Waals surface area contributed by atoms with Gasteiger partial charge in [-0.1, -0.05) is 30.3 Å². The molecule has 0 radical (unpaired) electrons. The van der Waals surface area contributed by atoms with Gasteiger partial charge < -0.3 is 15.0 Å². The summed E-state index contributed by atoms with van der Waals surface area (Å²) in [7, 11) is 0. The van der Waals surface area contributed by atoms with E-state index in [2.05, 4.69) is 5.32 Å². The zero-order valence-electron chi connectivity index (χ0n) is 16.4. The first-order valence-electron chi connectivity index (χ1n) is 9.58. The Morgan fingerprint density at radius 2 is 1.87 bits per heavy atom. The molecule has 0 aliphatic rings. The zero-order chi connectivity index (χ0) is 21.8. The first-order chi connectivity index (χ1) is 15.0. The summed E-state index contributed by atoms with van der Waals surface area (Å²) in [6, 6.07) is 22.0. The van der Waals surface area contributed by atoms with Crippen LogP contribution >= 0.6 is 0 Å². The summed E-state index contributed by atoms with van der Waals surface area (Å²) in [5, 5.41) is 22.5. The van der Waals surface area contributed by atoms with Gasteiger partial charge >= 0.3 is 0 Å². The maximum atomic E-state index is 13.6. The number of hydrogen-bond acceptors (Lipinski definition) is 3. The highest BCUT2D eigenvalue weighted by molar-refractivity contribution is 6.10. The Morgan fingerprint density at radius 3 is 2.61 bits per heavy atom. The van der Waals surface area contributed by atoms with Crippen molar-refractivity contribution in [2.75, 3.05) is 5.32 Å². The second-order valence-corrected chi connectivity index (χ2v) is 7.03. The maximum absolute atomic E-state index is 13.6. The molecular weight excluding hydrogens is 393 g/mol. The number of aromatic hydroxyl groups is 1. The van der Waals surface area contributed by atoms with Crippen LogP contribution in [0.5, 0.6) is 5.75 Å². The van der Waals surface area contributed by atoms with E-state index in [1.54, 1.807) is 24.3 Å². The van der Waals surface area contributed by atoms with Crippen molar-refractivity contribution < 1.29 is 14.3 Å². The van der Waals surface area contributed by atoms with Crippen molar-refractivity contribution in [2.45, 2.75) is 6.54 Å². The summed E-state index contributed by atoms with van der Waals surface area (Å²) in [6.07, 6.45) is 3.39. The zero-order valence-corrected chi connectivity index (χ0v) is 16.4. The molecule has 4 rings (SSSR count). The Morgan fingerprint density at radius 1 is 1.10 bits per heavy atom. The molecule has 0 spiro atoms. The van der Waals surface area contributed by atoms with Crippen LogP contribution < -0.4 is 5.32 Å². The first kappa shape index (κ1) is 19.9. The third-order valence-electron chi connectivity index (χ3n) is 4.85. The van der Waals surface area contributed by atoms with E-state index in [0.717, 1.165) is 16.5 Å². The number of para-hydroxylation sites is 1. The molecule has 2 N–H and O–H groups in total. The topological polar surface area (TPSA) is 78.0 Å². The molecule has 4 aromatic rings. The van der Waals surface area contributed by atoms with Crippen LogP contribution in [0.25, 0.3) is 17.0 Å². The molecule has 3 aromatic carbocycles. The molecule has 0 bridgehead atoms. The standard InChI is InChI=1S/C25H18FN3O2/c26-20-5-3-4-17(12-20)15-29-16-19(23-6-1-2-7-24(23)29)13-18(14-27)25(31)28-21-8-10-22(30)11-9-21/h1-13,16,30H,15H2,(H,28,31)/b18-13+. The number of nitriles is 1. The van der Waals surface area contributed by atoms with Gasteiger partial charge in [-0.2, -0.15) is 5.26 Å². The quantitative estimate of drug-likeness (QED) is 0.273. The van der Waals surface area contributed by atoms with Gasteiger partial charge in [-0.3, -0.25) is 4.79 Å². The minimum absolute atomic E-state index is 0.0540. The number of rotatable bonds is 5. The summed E-state index contributed by atoms with van der Waals surface area (Å²) in [4.78, 5) is 12.6. The molecule has 0 fully saturated rings. The van der Waals surface area contributed by atoms with Gasteiger partial charge in [0, 0.05) is 34.9 Å². The van der Waals surface area contributed by atoms with E-state index in [1.807, 2.05) is 47.2 Å². The van der Waals surface area contributed by atoms with Crippen molar-refractivity contribution in [3.05, 3.63) is 102 Å². The molecular formula is C25H18FN3O2. The monoisotopic (exact) mass is 411 g/mol. The fourth-order valence-corrected chi connectivity index (χ4v) is 3.40. The molecule has 1 heterocycles. The van der Waals surface area contributed by atoms with Gasteiger partial charge in [-0.15, -0.1) is 0 Å². The van der Waals surface area contributed by atoms with Crippen molar-refractivity contribution in [1.29, 1.82) is 5.26 Å². The van der Waals surface area contributed by atoms with E-state index in [9.17, 15) is 19.6 Å². The highest BCUT2D eigenvalue weighted by Crippen LogP contribution is 2.25. The number of halogens is 1. The minimum atomic E-state index is -0.546. The fourth-order valence-electron chi connectivity index (χ4n) is 3.40. The largest absolute Gasteiger partial charge is 0.508 e. The highest BCUT2D eigenvalue weighted by Gasteiger charge is 2.13. The first-order valence-corrected chi connectivity index (χ1v) is 9.58. The average molecular weight is 411 g/mol. The summed E-state index contributed by atoms with van der Waals surface area (Å²) in [5.41, 5.74) is 2.85. The van der Waals surface area contributed by atoms with Crippen LogP contribution in [0, 0.1) is 17.1 Å². The smallest absolute Gasteiger partial charge is 0.266 e. The second kappa shape index (κ2) is 8.56. The van der Waals surface area contributed by atoms with Gasteiger partial charge in [-0.25, -0.2) is 4.39 Å². The Kier molecular flexibility index (Phi) is 5.50. The predicted octanol–water partition coefficient (Wildman–Crippen LogP) is 5.08. The fraction of sp³-hybridized carbons (Fsp3) is 0.0400. The number of carbonyl (C=O) groups is 1. The van der Waals surface area contributed by atoms with Crippen LogP contribution in [0.1, 0.15) is 11.1 Å². The lowest BCUT2D eigenvalue weighted by atomic mass is 10.1. The molecule has 1 amide bonds. The van der Waals surface area contributed by atoms with Gasteiger partial charge in [0.05, 0.1) is 0 Å². The number of anilines is 1. The SMILES string of the molecule is N#C/C(=C\c1cn(Cc2cccc(F)c2)c2ccccc12)C(=O)Nc1ccc(O)cc1. The van der Waals surface area contributed by atoms with Crippen LogP contribution in [0.4, 0.5) is 10.1 Å². The lowest BCUT2D eigenvalue weighted by molar-refractivity contribution is -0.112. The summed E-state index contributed by atoms with van der Waals surface area (Å²) in [6.45, 7) is 0.452. The number of nitrogens with one attached hydrogen (secondary N) is 1. The number of fused-ring (bicyclic) bond motifs is 1. The third-order valence-corrected chi connectivity index (χ3v) is 4.85. The Balaban J connectivity index is 1.67. The van der Waals surface area contributed by atoms with Gasteiger partial charge in [0.15, 0.2) is 0 Å². The highest BCUT2D eigenvalue weighted by atomic mass is 19.1. The lowest BCUT2D eigenvalue weighted by Gasteiger charge is -2.05. The van der Waals surface area contributed by atoms with E-state index in [0.29, 0.717) is 17.8 Å². The molecule has 0 unspecified atom stereocenters. The van der Waals surface area contributed by atoms with Crippen LogP contribution in [0.3, 0.4) is 0 Å². The summed E-state index contributed by atoms with van der Waals surface area (Å²) < 4.78 is 15.5. The number of amides is 1. The maximum Gasteiger partial charge on any atom is 0.266 e. The average Bonchev–Trinajstić information content (AvgIpc) is 3.11. The lowest BCUT2D eigenvalue weighted by Crippen LogP contribution is -2.13.